The largest absolute Gasteiger partial charge is 0.459 e. The first-order valence-electron chi connectivity index (χ1n) is 8.26. The lowest BCUT2D eigenvalue weighted by molar-refractivity contribution is -0.121. The highest BCUT2D eigenvalue weighted by atomic mass is 32.1. The number of amides is 2. The van der Waals surface area contributed by atoms with Gasteiger partial charge in [0.05, 0.1) is 6.26 Å². The van der Waals surface area contributed by atoms with Crippen LogP contribution < -0.4 is 5.32 Å². The summed E-state index contributed by atoms with van der Waals surface area (Å²) in [5.41, 5.74) is 2.12. The molecule has 0 bridgehead atoms. The van der Waals surface area contributed by atoms with Crippen LogP contribution in [0.3, 0.4) is 0 Å². The zero-order chi connectivity index (χ0) is 18.1. The van der Waals surface area contributed by atoms with Crippen LogP contribution in [0.1, 0.15) is 26.6 Å². The molecular formula is C19H17N3O3S. The van der Waals surface area contributed by atoms with Gasteiger partial charge in [0.25, 0.3) is 5.91 Å². The molecule has 4 rings (SSSR count). The first kappa shape index (κ1) is 16.5. The number of anilines is 1. The standard InChI is InChI=1S/C19H17N3O3S/c1-12-10-20-19(26-12)21-17(23)15-9-13-5-2-3-6-14(13)11-22(15)18(24)16-7-4-8-25-16/h2-8,10,15H,9,11H2,1H3,(H,20,21,23)/t15-/m0/s1. The highest BCUT2D eigenvalue weighted by Gasteiger charge is 2.36. The van der Waals surface area contributed by atoms with Crippen molar-refractivity contribution in [1.82, 2.24) is 9.88 Å². The Bertz CT molecular complexity index is 949. The van der Waals surface area contributed by atoms with Gasteiger partial charge in [0.1, 0.15) is 6.04 Å². The van der Waals surface area contributed by atoms with E-state index in [1.807, 2.05) is 31.2 Å². The van der Waals surface area contributed by atoms with Gasteiger partial charge in [-0.15, -0.1) is 11.3 Å². The Morgan fingerprint density at radius 3 is 2.73 bits per heavy atom. The Kier molecular flexibility index (Phi) is 4.30. The van der Waals surface area contributed by atoms with E-state index in [0.29, 0.717) is 18.1 Å². The average molecular weight is 367 g/mol. The normalized spacial score (nSPS) is 16.2. The van der Waals surface area contributed by atoms with Crippen LogP contribution in [-0.2, 0) is 17.8 Å². The number of aromatic nitrogens is 1. The fourth-order valence-electron chi connectivity index (χ4n) is 3.11. The van der Waals surface area contributed by atoms with E-state index in [1.54, 1.807) is 23.2 Å². The monoisotopic (exact) mass is 367 g/mol. The van der Waals surface area contributed by atoms with E-state index < -0.39 is 6.04 Å². The average Bonchev–Trinajstić information content (AvgIpc) is 3.32. The maximum Gasteiger partial charge on any atom is 0.290 e. The number of benzene rings is 1. The van der Waals surface area contributed by atoms with Crippen molar-refractivity contribution in [1.29, 1.82) is 0 Å². The Morgan fingerprint density at radius 1 is 1.23 bits per heavy atom. The molecule has 7 heteroatoms. The summed E-state index contributed by atoms with van der Waals surface area (Å²) in [6, 6.07) is 10.5. The maximum absolute atomic E-state index is 12.9. The van der Waals surface area contributed by atoms with Crippen LogP contribution >= 0.6 is 11.3 Å². The van der Waals surface area contributed by atoms with Crippen molar-refractivity contribution < 1.29 is 14.0 Å². The molecule has 1 N–H and O–H groups in total. The molecule has 0 radical (unpaired) electrons. The van der Waals surface area contributed by atoms with Gasteiger partial charge in [0.2, 0.25) is 5.91 Å². The minimum absolute atomic E-state index is 0.229. The van der Waals surface area contributed by atoms with Crippen LogP contribution in [0.2, 0.25) is 0 Å². The molecule has 1 aromatic carbocycles. The number of thiazole rings is 1. The van der Waals surface area contributed by atoms with Crippen LogP contribution in [0, 0.1) is 6.92 Å². The van der Waals surface area contributed by atoms with Crippen molar-refractivity contribution in [3.63, 3.8) is 0 Å². The summed E-state index contributed by atoms with van der Waals surface area (Å²) in [7, 11) is 0. The minimum Gasteiger partial charge on any atom is -0.459 e. The Hall–Kier alpha value is -2.93. The summed E-state index contributed by atoms with van der Waals surface area (Å²) < 4.78 is 5.25. The molecule has 0 aliphatic carbocycles. The molecule has 1 atom stereocenters. The van der Waals surface area contributed by atoms with Gasteiger partial charge in [-0.3, -0.25) is 9.59 Å². The van der Waals surface area contributed by atoms with Crippen LogP contribution in [-0.4, -0.2) is 27.7 Å². The highest BCUT2D eigenvalue weighted by Crippen LogP contribution is 2.26. The van der Waals surface area contributed by atoms with Crippen molar-refractivity contribution in [2.45, 2.75) is 25.9 Å². The Labute approximate surface area is 154 Å². The number of carbonyl (C=O) groups excluding carboxylic acids is 2. The second-order valence-electron chi connectivity index (χ2n) is 6.16. The van der Waals surface area contributed by atoms with Gasteiger partial charge < -0.3 is 14.6 Å². The maximum atomic E-state index is 12.9. The number of aryl methyl sites for hydroxylation is 1. The van der Waals surface area contributed by atoms with Crippen molar-refractivity contribution in [2.24, 2.45) is 0 Å². The smallest absolute Gasteiger partial charge is 0.290 e. The van der Waals surface area contributed by atoms with Gasteiger partial charge in [0, 0.05) is 24.0 Å². The summed E-state index contributed by atoms with van der Waals surface area (Å²) in [5.74, 6) is -0.305. The summed E-state index contributed by atoms with van der Waals surface area (Å²) >= 11 is 1.41. The van der Waals surface area contributed by atoms with E-state index >= 15 is 0 Å². The van der Waals surface area contributed by atoms with Crippen LogP contribution in [0.4, 0.5) is 5.13 Å². The second-order valence-corrected chi connectivity index (χ2v) is 7.40. The molecular weight excluding hydrogens is 350 g/mol. The first-order valence-corrected chi connectivity index (χ1v) is 9.08. The fraction of sp³-hybridized carbons (Fsp3) is 0.211. The number of rotatable bonds is 3. The zero-order valence-electron chi connectivity index (χ0n) is 14.1. The molecule has 6 nitrogen and oxygen atoms in total. The Morgan fingerprint density at radius 2 is 2.04 bits per heavy atom. The molecule has 2 amide bonds. The van der Waals surface area contributed by atoms with Gasteiger partial charge in [-0.1, -0.05) is 24.3 Å². The molecule has 132 valence electrons. The molecule has 0 fully saturated rings. The third-order valence-corrected chi connectivity index (χ3v) is 5.22. The molecule has 0 spiro atoms. The molecule has 3 heterocycles. The molecule has 0 saturated heterocycles. The van der Waals surface area contributed by atoms with Gasteiger partial charge in [-0.05, 0) is 30.2 Å². The highest BCUT2D eigenvalue weighted by molar-refractivity contribution is 7.15. The van der Waals surface area contributed by atoms with E-state index in [1.165, 1.54) is 17.6 Å². The summed E-state index contributed by atoms with van der Waals surface area (Å²) in [6.45, 7) is 2.29. The molecule has 1 aliphatic rings. The lowest BCUT2D eigenvalue weighted by atomic mass is 9.93. The predicted molar refractivity (Wildman–Crippen MR) is 98.0 cm³/mol. The number of nitrogens with one attached hydrogen (secondary N) is 1. The van der Waals surface area contributed by atoms with E-state index in [4.69, 9.17) is 4.42 Å². The van der Waals surface area contributed by atoms with Gasteiger partial charge in [0.15, 0.2) is 10.9 Å². The van der Waals surface area contributed by atoms with Crippen molar-refractivity contribution in [2.75, 3.05) is 5.32 Å². The van der Waals surface area contributed by atoms with Crippen molar-refractivity contribution in [3.8, 4) is 0 Å². The summed E-state index contributed by atoms with van der Waals surface area (Å²) in [5, 5.41) is 3.38. The first-order chi connectivity index (χ1) is 12.6. The lowest BCUT2D eigenvalue weighted by Gasteiger charge is -2.35. The van der Waals surface area contributed by atoms with Gasteiger partial charge in [-0.2, -0.15) is 0 Å². The molecule has 2 aromatic heterocycles. The van der Waals surface area contributed by atoms with E-state index in [2.05, 4.69) is 10.3 Å². The predicted octanol–water partition coefficient (Wildman–Crippen LogP) is 3.25. The topological polar surface area (TPSA) is 75.4 Å². The van der Waals surface area contributed by atoms with E-state index in [9.17, 15) is 9.59 Å². The molecule has 3 aromatic rings. The Balaban J connectivity index is 1.64. The van der Waals surface area contributed by atoms with Gasteiger partial charge >= 0.3 is 0 Å². The molecule has 0 unspecified atom stereocenters. The van der Waals surface area contributed by atoms with E-state index in [0.717, 1.165) is 16.0 Å². The third-order valence-electron chi connectivity index (χ3n) is 4.40. The number of hydrogen-bond acceptors (Lipinski definition) is 5. The third kappa shape index (κ3) is 3.13. The number of carbonyl (C=O) groups is 2. The number of furan rings is 1. The molecule has 26 heavy (non-hydrogen) atoms. The van der Waals surface area contributed by atoms with Crippen LogP contribution in [0.5, 0.6) is 0 Å². The minimum atomic E-state index is -0.619. The van der Waals surface area contributed by atoms with Gasteiger partial charge in [-0.25, -0.2) is 4.98 Å². The van der Waals surface area contributed by atoms with Crippen LogP contribution in [0.25, 0.3) is 0 Å². The molecule has 0 saturated carbocycles. The summed E-state index contributed by atoms with van der Waals surface area (Å²) in [4.78, 5) is 32.5. The lowest BCUT2D eigenvalue weighted by Crippen LogP contribution is -2.50. The summed E-state index contributed by atoms with van der Waals surface area (Å²) in [6.07, 6.45) is 3.62. The second kappa shape index (κ2) is 6.76. The molecule has 1 aliphatic heterocycles. The van der Waals surface area contributed by atoms with Crippen molar-refractivity contribution in [3.05, 3.63) is 70.6 Å². The number of fused-ring (bicyclic) bond motifs is 1. The zero-order valence-corrected chi connectivity index (χ0v) is 15.0. The quantitative estimate of drug-likeness (QED) is 0.771. The van der Waals surface area contributed by atoms with E-state index in [-0.39, 0.29) is 17.6 Å². The number of hydrogen-bond donors (Lipinski definition) is 1. The van der Waals surface area contributed by atoms with Crippen molar-refractivity contribution >= 4 is 28.3 Å². The fourth-order valence-corrected chi connectivity index (χ4v) is 3.78. The number of nitrogens with zero attached hydrogens (tertiary/aromatic N) is 2. The van der Waals surface area contributed by atoms with Crippen LogP contribution in [0.15, 0.2) is 53.3 Å². The SMILES string of the molecule is Cc1cnc(NC(=O)[C@@H]2Cc3ccccc3CN2C(=O)c2ccco2)s1.